The third-order valence-electron chi connectivity index (χ3n) is 7.94. The molecule has 0 aromatic heterocycles. The lowest BCUT2D eigenvalue weighted by Crippen LogP contribution is -2.43. The van der Waals surface area contributed by atoms with Crippen molar-refractivity contribution < 1.29 is 19.1 Å². The lowest BCUT2D eigenvalue weighted by molar-refractivity contribution is -0.140. The van der Waals surface area contributed by atoms with Crippen LogP contribution < -0.4 is 4.90 Å². The van der Waals surface area contributed by atoms with Crippen LogP contribution in [0.15, 0.2) is 115 Å². The van der Waals surface area contributed by atoms with E-state index in [1.807, 2.05) is 85.8 Å². The van der Waals surface area contributed by atoms with Crippen molar-refractivity contribution in [2.75, 3.05) is 11.5 Å². The summed E-state index contributed by atoms with van der Waals surface area (Å²) in [6.45, 7) is 4.88. The van der Waals surface area contributed by atoms with Crippen molar-refractivity contribution >= 4 is 23.5 Å². The van der Waals surface area contributed by atoms with Gasteiger partial charge in [-0.15, -0.1) is 0 Å². The Morgan fingerprint density at radius 3 is 1.95 bits per heavy atom. The van der Waals surface area contributed by atoms with Crippen LogP contribution in [0, 0.1) is 5.92 Å². The molecule has 214 valence electrons. The van der Waals surface area contributed by atoms with Crippen LogP contribution in [0.1, 0.15) is 54.5 Å². The molecule has 0 N–H and O–H groups in total. The number of nitrogens with zero attached hydrogens (tertiary/aromatic N) is 2. The molecule has 0 saturated carbocycles. The van der Waals surface area contributed by atoms with Gasteiger partial charge in [0.1, 0.15) is 24.3 Å². The van der Waals surface area contributed by atoms with Crippen LogP contribution in [-0.2, 0) is 27.4 Å². The fourth-order valence-electron chi connectivity index (χ4n) is 5.83. The smallest absolute Gasteiger partial charge is 0.417 e. The van der Waals surface area contributed by atoms with Crippen LogP contribution in [0.2, 0.25) is 0 Å². The maximum atomic E-state index is 14.0. The quantitative estimate of drug-likeness (QED) is 0.180. The first-order valence-corrected chi connectivity index (χ1v) is 14.4. The minimum absolute atomic E-state index is 0.0689. The number of cyclic esters (lactones) is 1. The van der Waals surface area contributed by atoms with Crippen molar-refractivity contribution in [2.45, 2.75) is 45.3 Å². The molecule has 3 atom stereocenters. The summed E-state index contributed by atoms with van der Waals surface area (Å²) in [6, 6.07) is 37.5. The maximum Gasteiger partial charge on any atom is 0.417 e. The lowest BCUT2D eigenvalue weighted by Gasteiger charge is -2.30. The highest BCUT2D eigenvalue weighted by atomic mass is 16.6. The monoisotopic (exact) mass is 560 g/mol. The van der Waals surface area contributed by atoms with E-state index in [-0.39, 0.29) is 12.4 Å². The molecule has 0 spiro atoms. The van der Waals surface area contributed by atoms with Crippen LogP contribution in [0.5, 0.6) is 0 Å². The van der Waals surface area contributed by atoms with Gasteiger partial charge < -0.3 is 9.64 Å². The number of carbonyl (C=O) groups is 3. The van der Waals surface area contributed by atoms with E-state index in [4.69, 9.17) is 4.74 Å². The van der Waals surface area contributed by atoms with Gasteiger partial charge in [0.05, 0.1) is 0 Å². The first kappa shape index (κ1) is 28.8. The molecule has 0 unspecified atom stereocenters. The average Bonchev–Trinajstić information content (AvgIpc) is 3.41. The molecule has 0 bridgehead atoms. The van der Waals surface area contributed by atoms with Crippen molar-refractivity contribution in [3.05, 3.63) is 138 Å². The molecule has 2 amide bonds. The Hall–Kier alpha value is -4.71. The molecule has 6 heteroatoms. The number of anilines is 1. The first-order chi connectivity index (χ1) is 20.5. The Balaban J connectivity index is 1.47. The number of carbonyl (C=O) groups excluding carboxylic acids is 3. The molecule has 4 aromatic carbocycles. The number of amides is 2. The number of hydrogen-bond donors (Lipinski definition) is 0. The van der Waals surface area contributed by atoms with Gasteiger partial charge in [0, 0.05) is 24.7 Å². The summed E-state index contributed by atoms with van der Waals surface area (Å²) in [5.41, 5.74) is 5.05. The summed E-state index contributed by atoms with van der Waals surface area (Å²) < 4.78 is 5.31. The van der Waals surface area contributed by atoms with E-state index >= 15 is 0 Å². The highest BCUT2D eigenvalue weighted by molar-refractivity contribution is 6.06. The van der Waals surface area contributed by atoms with Crippen molar-refractivity contribution in [1.29, 1.82) is 0 Å². The van der Waals surface area contributed by atoms with Crippen molar-refractivity contribution in [3.63, 3.8) is 0 Å². The van der Waals surface area contributed by atoms with Crippen LogP contribution in [0.3, 0.4) is 0 Å². The lowest BCUT2D eigenvalue weighted by atomic mass is 9.80. The minimum Gasteiger partial charge on any atom is -0.446 e. The van der Waals surface area contributed by atoms with Gasteiger partial charge in [0.15, 0.2) is 0 Å². The number of rotatable bonds is 11. The van der Waals surface area contributed by atoms with Crippen molar-refractivity contribution in [3.8, 4) is 0 Å². The van der Waals surface area contributed by atoms with Crippen LogP contribution in [-0.4, -0.2) is 29.3 Å². The van der Waals surface area contributed by atoms with Gasteiger partial charge in [0.2, 0.25) is 5.91 Å². The summed E-state index contributed by atoms with van der Waals surface area (Å²) in [5.74, 6) is -2.20. The Morgan fingerprint density at radius 1 is 0.833 bits per heavy atom. The summed E-state index contributed by atoms with van der Waals surface area (Å²) in [7, 11) is 0. The van der Waals surface area contributed by atoms with E-state index < -0.39 is 29.9 Å². The minimum atomic E-state index is -1.01. The Bertz CT molecular complexity index is 1470. The maximum absolute atomic E-state index is 14.0. The van der Waals surface area contributed by atoms with Gasteiger partial charge in [-0.2, -0.15) is 0 Å². The highest BCUT2D eigenvalue weighted by Gasteiger charge is 2.45. The molecule has 1 fully saturated rings. The van der Waals surface area contributed by atoms with Gasteiger partial charge >= 0.3 is 6.09 Å². The van der Waals surface area contributed by atoms with Gasteiger partial charge in [-0.3, -0.25) is 9.59 Å². The second kappa shape index (κ2) is 13.3. The van der Waals surface area contributed by atoms with Crippen LogP contribution >= 0.6 is 0 Å². The van der Waals surface area contributed by atoms with Crippen LogP contribution in [0.4, 0.5) is 10.5 Å². The summed E-state index contributed by atoms with van der Waals surface area (Å²) in [4.78, 5) is 43.5. The SMILES string of the molecule is CC[C@@H](c1cccc(N(Cc2ccccc2)Cc2ccccc2)c1)[C@H](C(C)=O)C(=O)N1C(=O)OC[C@@H]1c1ccccc1. The normalized spacial score (nSPS) is 16.0. The van der Waals surface area contributed by atoms with E-state index in [0.717, 1.165) is 21.7 Å². The molecular weight excluding hydrogens is 524 g/mol. The standard InChI is InChI=1S/C36H36N2O4/c1-3-32(34(26(2)39)35(40)38-33(25-42-36(38)41)29-18-11-6-12-19-29)30-20-13-21-31(22-30)37(23-27-14-7-4-8-15-27)24-28-16-9-5-10-17-28/h4-22,32-34H,3,23-25H2,1-2H3/t32-,33+,34-/m0/s1. The molecule has 1 aliphatic rings. The third-order valence-corrected chi connectivity index (χ3v) is 7.94. The largest absolute Gasteiger partial charge is 0.446 e. The van der Waals surface area contributed by atoms with Crippen LogP contribution in [0.25, 0.3) is 0 Å². The summed E-state index contributed by atoms with van der Waals surface area (Å²) in [6.07, 6.45) is -0.156. The average molecular weight is 561 g/mol. The number of Topliss-reactive ketones (excluding diaryl/α,β-unsaturated/α-hetero) is 1. The molecule has 5 rings (SSSR count). The van der Waals surface area contributed by atoms with Crippen molar-refractivity contribution in [2.24, 2.45) is 5.92 Å². The first-order valence-electron chi connectivity index (χ1n) is 14.4. The molecule has 1 saturated heterocycles. The fourth-order valence-corrected chi connectivity index (χ4v) is 5.83. The number of imide groups is 1. The van der Waals surface area contributed by atoms with Crippen molar-refractivity contribution in [1.82, 2.24) is 4.90 Å². The van der Waals surface area contributed by atoms with E-state index in [0.29, 0.717) is 19.5 Å². The second-order valence-electron chi connectivity index (χ2n) is 10.7. The molecule has 6 nitrogen and oxygen atoms in total. The molecule has 0 aliphatic carbocycles. The predicted octanol–water partition coefficient (Wildman–Crippen LogP) is 7.31. The molecule has 0 radical (unpaired) electrons. The number of ether oxygens (including phenoxy) is 1. The zero-order valence-electron chi connectivity index (χ0n) is 24.1. The van der Waals surface area contributed by atoms with Gasteiger partial charge in [-0.05, 0) is 47.7 Å². The summed E-state index contributed by atoms with van der Waals surface area (Å²) >= 11 is 0. The zero-order valence-corrected chi connectivity index (χ0v) is 24.1. The van der Waals surface area contributed by atoms with E-state index in [1.165, 1.54) is 18.1 Å². The topological polar surface area (TPSA) is 66.9 Å². The highest BCUT2D eigenvalue weighted by Crippen LogP contribution is 2.37. The van der Waals surface area contributed by atoms with E-state index in [2.05, 4.69) is 41.3 Å². The zero-order chi connectivity index (χ0) is 29.5. The third kappa shape index (κ3) is 6.44. The number of ketones is 1. The molecular formula is C36H36N2O4. The predicted molar refractivity (Wildman–Crippen MR) is 164 cm³/mol. The Labute approximate surface area is 247 Å². The molecule has 1 heterocycles. The molecule has 42 heavy (non-hydrogen) atoms. The summed E-state index contributed by atoms with van der Waals surface area (Å²) in [5, 5.41) is 0. The van der Waals surface area contributed by atoms with E-state index in [1.54, 1.807) is 0 Å². The Morgan fingerprint density at radius 2 is 1.40 bits per heavy atom. The fraction of sp³-hybridized carbons (Fsp3) is 0.250. The van der Waals surface area contributed by atoms with Gasteiger partial charge in [0.25, 0.3) is 0 Å². The van der Waals surface area contributed by atoms with Gasteiger partial charge in [-0.1, -0.05) is 110 Å². The number of hydrogen-bond acceptors (Lipinski definition) is 5. The Kier molecular flexibility index (Phi) is 9.12. The van der Waals surface area contributed by atoms with Gasteiger partial charge in [-0.25, -0.2) is 9.69 Å². The van der Waals surface area contributed by atoms with E-state index in [9.17, 15) is 14.4 Å². The molecule has 4 aromatic rings. The number of benzene rings is 4. The molecule has 1 aliphatic heterocycles. The second-order valence-corrected chi connectivity index (χ2v) is 10.7.